The van der Waals surface area contributed by atoms with Crippen LogP contribution in [-0.2, 0) is 16.0 Å². The lowest BCUT2D eigenvalue weighted by molar-refractivity contribution is -0.175. The smallest absolute Gasteiger partial charge is 0.364 e. The van der Waals surface area contributed by atoms with E-state index in [4.69, 9.17) is 0 Å². The minimum Gasteiger partial charge on any atom is -0.364 e. The Morgan fingerprint density at radius 1 is 1.24 bits per heavy atom. The van der Waals surface area contributed by atoms with Crippen LogP contribution in [0.1, 0.15) is 5.56 Å². The highest BCUT2D eigenvalue weighted by molar-refractivity contribution is 14.1. The van der Waals surface area contributed by atoms with E-state index in [2.05, 4.69) is 27.3 Å². The number of hydrogen-bond acceptors (Lipinski definition) is 2. The maximum atomic E-state index is 11.7. The zero-order valence-corrected chi connectivity index (χ0v) is 10.9. The number of rotatable bonds is 5. The molecule has 0 atom stereocenters. The molecule has 94 valence electrons. The van der Waals surface area contributed by atoms with Gasteiger partial charge in [0.1, 0.15) is 13.2 Å². The van der Waals surface area contributed by atoms with E-state index in [9.17, 15) is 18.0 Å². The van der Waals surface area contributed by atoms with Gasteiger partial charge < -0.3 is 4.74 Å². The predicted molar refractivity (Wildman–Crippen MR) is 64.7 cm³/mol. The first-order valence-electron chi connectivity index (χ1n) is 4.77. The van der Waals surface area contributed by atoms with Gasteiger partial charge in [-0.2, -0.15) is 13.2 Å². The molecule has 0 bridgehead atoms. The summed E-state index contributed by atoms with van der Waals surface area (Å²) < 4.78 is 40.5. The average Bonchev–Trinajstić information content (AvgIpc) is 2.19. The summed E-state index contributed by atoms with van der Waals surface area (Å²) in [4.78, 5) is 11.3. The van der Waals surface area contributed by atoms with Crippen LogP contribution in [-0.4, -0.2) is 25.2 Å². The number of ether oxygens (including phenoxy) is 1. The largest absolute Gasteiger partial charge is 0.411 e. The molecule has 0 aromatic heterocycles. The number of carbonyl (C=O) groups is 1. The SMILES string of the molecule is O=C(COCC(F)(F)F)Cc1ccc(I)cc1. The molecule has 0 radical (unpaired) electrons. The van der Waals surface area contributed by atoms with Crippen molar-refractivity contribution in [2.45, 2.75) is 12.6 Å². The molecule has 1 rings (SSSR count). The van der Waals surface area contributed by atoms with Crippen molar-refractivity contribution < 1.29 is 22.7 Å². The normalized spacial score (nSPS) is 11.5. The van der Waals surface area contributed by atoms with Gasteiger partial charge in [0.2, 0.25) is 0 Å². The third-order valence-electron chi connectivity index (χ3n) is 1.84. The van der Waals surface area contributed by atoms with Gasteiger partial charge in [-0.3, -0.25) is 4.79 Å². The van der Waals surface area contributed by atoms with Crippen molar-refractivity contribution >= 4 is 28.4 Å². The molecular weight excluding hydrogens is 348 g/mol. The highest BCUT2D eigenvalue weighted by atomic mass is 127. The minimum absolute atomic E-state index is 0.0920. The van der Waals surface area contributed by atoms with Crippen LogP contribution in [0.3, 0.4) is 0 Å². The second-order valence-corrected chi connectivity index (χ2v) is 4.70. The van der Waals surface area contributed by atoms with Crippen molar-refractivity contribution in [3.05, 3.63) is 33.4 Å². The minimum atomic E-state index is -4.39. The summed E-state index contributed by atoms with van der Waals surface area (Å²) in [6.45, 7) is -1.89. The molecule has 0 fully saturated rings. The molecule has 0 heterocycles. The fraction of sp³-hybridized carbons (Fsp3) is 0.364. The van der Waals surface area contributed by atoms with Crippen molar-refractivity contribution in [3.63, 3.8) is 0 Å². The maximum absolute atomic E-state index is 11.7. The average molecular weight is 358 g/mol. The molecule has 0 aliphatic rings. The van der Waals surface area contributed by atoms with E-state index in [1.165, 1.54) is 0 Å². The molecule has 0 saturated heterocycles. The van der Waals surface area contributed by atoms with Crippen molar-refractivity contribution in [3.8, 4) is 0 Å². The number of hydrogen-bond donors (Lipinski definition) is 0. The summed E-state index contributed by atoms with van der Waals surface area (Å²) in [6.07, 6.45) is -4.29. The van der Waals surface area contributed by atoms with E-state index < -0.39 is 19.4 Å². The van der Waals surface area contributed by atoms with Crippen LogP contribution < -0.4 is 0 Å². The zero-order chi connectivity index (χ0) is 12.9. The van der Waals surface area contributed by atoms with E-state index in [0.29, 0.717) is 0 Å². The van der Waals surface area contributed by atoms with Gasteiger partial charge in [0, 0.05) is 9.99 Å². The standard InChI is InChI=1S/C11H10F3IO2/c12-11(13,14)7-17-6-10(16)5-8-1-3-9(15)4-2-8/h1-4H,5-7H2. The van der Waals surface area contributed by atoms with Gasteiger partial charge >= 0.3 is 6.18 Å². The van der Waals surface area contributed by atoms with Gasteiger partial charge in [0.05, 0.1) is 0 Å². The molecule has 2 nitrogen and oxygen atoms in total. The summed E-state index contributed by atoms with van der Waals surface area (Å²) >= 11 is 2.13. The lowest BCUT2D eigenvalue weighted by Crippen LogP contribution is -2.21. The first-order valence-corrected chi connectivity index (χ1v) is 5.85. The van der Waals surface area contributed by atoms with Gasteiger partial charge in [-0.15, -0.1) is 0 Å². The van der Waals surface area contributed by atoms with Crippen LogP contribution in [0.2, 0.25) is 0 Å². The number of ketones is 1. The summed E-state index contributed by atoms with van der Waals surface area (Å²) in [5, 5.41) is 0. The van der Waals surface area contributed by atoms with E-state index >= 15 is 0 Å². The molecule has 0 amide bonds. The van der Waals surface area contributed by atoms with Gasteiger partial charge in [-0.1, -0.05) is 12.1 Å². The summed E-state index contributed by atoms with van der Waals surface area (Å²) in [5.41, 5.74) is 0.769. The van der Waals surface area contributed by atoms with Crippen molar-refractivity contribution in [1.82, 2.24) is 0 Å². The molecule has 0 aliphatic carbocycles. The third-order valence-corrected chi connectivity index (χ3v) is 2.56. The number of alkyl halides is 3. The lowest BCUT2D eigenvalue weighted by atomic mass is 10.1. The van der Waals surface area contributed by atoms with E-state index in [1.54, 1.807) is 12.1 Å². The molecule has 1 aromatic carbocycles. The number of benzene rings is 1. The summed E-state index contributed by atoms with van der Waals surface area (Å²) in [5.74, 6) is -0.365. The van der Waals surface area contributed by atoms with Crippen LogP contribution in [0.15, 0.2) is 24.3 Å². The van der Waals surface area contributed by atoms with Crippen LogP contribution in [0.25, 0.3) is 0 Å². The van der Waals surface area contributed by atoms with E-state index in [1.807, 2.05) is 12.1 Å². The summed E-state index contributed by atoms with van der Waals surface area (Å²) in [7, 11) is 0. The van der Waals surface area contributed by atoms with Gasteiger partial charge in [-0.25, -0.2) is 0 Å². The Hall–Kier alpha value is -0.630. The fourth-order valence-electron chi connectivity index (χ4n) is 1.16. The molecule has 0 N–H and O–H groups in total. The summed E-state index contributed by atoms with van der Waals surface area (Å²) in [6, 6.07) is 7.20. The molecule has 17 heavy (non-hydrogen) atoms. The third kappa shape index (κ3) is 6.62. The maximum Gasteiger partial charge on any atom is 0.411 e. The second-order valence-electron chi connectivity index (χ2n) is 3.45. The van der Waals surface area contributed by atoms with Crippen molar-refractivity contribution in [1.29, 1.82) is 0 Å². The highest BCUT2D eigenvalue weighted by Crippen LogP contribution is 2.14. The van der Waals surface area contributed by atoms with Crippen LogP contribution >= 0.6 is 22.6 Å². The number of halogens is 4. The first kappa shape index (κ1) is 14.4. The van der Waals surface area contributed by atoms with Crippen molar-refractivity contribution in [2.75, 3.05) is 13.2 Å². The van der Waals surface area contributed by atoms with Crippen LogP contribution in [0, 0.1) is 3.57 Å². The molecular formula is C11H10F3IO2. The Morgan fingerprint density at radius 2 is 1.82 bits per heavy atom. The Labute approximate surface area is 110 Å². The van der Waals surface area contributed by atoms with Gasteiger partial charge in [0.25, 0.3) is 0 Å². The van der Waals surface area contributed by atoms with Crippen LogP contribution in [0.4, 0.5) is 13.2 Å². The predicted octanol–water partition coefficient (Wildman–Crippen LogP) is 2.98. The monoisotopic (exact) mass is 358 g/mol. The topological polar surface area (TPSA) is 26.3 Å². The Kier molecular flexibility index (Phi) is 5.38. The van der Waals surface area contributed by atoms with Gasteiger partial charge in [0.15, 0.2) is 5.78 Å². The molecule has 0 saturated carbocycles. The number of carbonyl (C=O) groups excluding carboxylic acids is 1. The first-order chi connectivity index (χ1) is 7.87. The van der Waals surface area contributed by atoms with Crippen molar-refractivity contribution in [2.24, 2.45) is 0 Å². The van der Waals surface area contributed by atoms with E-state index in [0.717, 1.165) is 9.13 Å². The van der Waals surface area contributed by atoms with E-state index in [-0.39, 0.29) is 12.2 Å². The fourth-order valence-corrected chi connectivity index (χ4v) is 1.52. The zero-order valence-electron chi connectivity index (χ0n) is 8.76. The Morgan fingerprint density at radius 3 is 2.35 bits per heavy atom. The second kappa shape index (κ2) is 6.34. The van der Waals surface area contributed by atoms with Crippen LogP contribution in [0.5, 0.6) is 0 Å². The number of Topliss-reactive ketones (excluding diaryl/α,β-unsaturated/α-hetero) is 1. The lowest BCUT2D eigenvalue weighted by Gasteiger charge is -2.06. The molecule has 6 heteroatoms. The molecule has 0 spiro atoms. The highest BCUT2D eigenvalue weighted by Gasteiger charge is 2.27. The molecule has 0 aliphatic heterocycles. The van der Waals surface area contributed by atoms with Gasteiger partial charge in [-0.05, 0) is 40.3 Å². The Bertz CT molecular complexity index is 373. The quantitative estimate of drug-likeness (QED) is 0.757. The Balaban J connectivity index is 2.32. The molecule has 1 aromatic rings. The molecule has 0 unspecified atom stereocenters.